The zero-order chi connectivity index (χ0) is 23.5. The molecule has 0 radical (unpaired) electrons. The molecule has 0 atom stereocenters. The van der Waals surface area contributed by atoms with Crippen LogP contribution < -0.4 is 10.1 Å². The van der Waals surface area contributed by atoms with E-state index in [1.54, 1.807) is 18.5 Å². The summed E-state index contributed by atoms with van der Waals surface area (Å²) in [5.41, 5.74) is 2.84. The highest BCUT2D eigenvalue weighted by Gasteiger charge is 2.19. The molecule has 0 spiro atoms. The predicted molar refractivity (Wildman–Crippen MR) is 130 cm³/mol. The first-order chi connectivity index (χ1) is 16.7. The average Bonchev–Trinajstić information content (AvgIpc) is 3.45. The molecule has 9 nitrogen and oxygen atoms in total. The lowest BCUT2D eigenvalue weighted by Crippen LogP contribution is -2.11. The number of hydrogen-bond donors (Lipinski definition) is 1. The van der Waals surface area contributed by atoms with Crippen LogP contribution in [0.3, 0.4) is 0 Å². The Morgan fingerprint density at radius 1 is 1.09 bits per heavy atom. The third-order valence-corrected chi connectivity index (χ3v) is 5.81. The van der Waals surface area contributed by atoms with Gasteiger partial charge in [0.2, 0.25) is 10.9 Å². The molecule has 3 aromatic heterocycles. The molecule has 0 aliphatic heterocycles. The van der Waals surface area contributed by atoms with Crippen LogP contribution in [0.2, 0.25) is 0 Å². The van der Waals surface area contributed by atoms with E-state index in [2.05, 4.69) is 25.4 Å². The molecule has 1 N–H and O–H groups in total. The molecule has 0 amide bonds. The Hall–Kier alpha value is -4.31. The van der Waals surface area contributed by atoms with Crippen LogP contribution in [0.25, 0.3) is 27.6 Å². The van der Waals surface area contributed by atoms with Gasteiger partial charge in [-0.1, -0.05) is 42.5 Å². The number of nitrogens with zero attached hydrogens (tertiary/aromatic N) is 5. The lowest BCUT2D eigenvalue weighted by atomic mass is 10.2. The molecular formula is C24H20N6O3S. The number of esters is 1. The fraction of sp³-hybridized carbons (Fsp3) is 0.125. The molecular weight excluding hydrogens is 452 g/mol. The standard InChI is InChI=1S/C24H20N6O3S/c1-3-33-22(31)18-13-25-20(15-8-5-4-6-9-15)26-21(18)27-23-28-24-30(29-23)19(14-34-24)16-10-7-11-17(12-16)32-2/h4-14H,3H2,1-2H3,(H,25,26,27,29). The highest BCUT2D eigenvalue weighted by molar-refractivity contribution is 7.15. The van der Waals surface area contributed by atoms with Crippen molar-refractivity contribution in [3.63, 3.8) is 0 Å². The maximum Gasteiger partial charge on any atom is 0.343 e. The van der Waals surface area contributed by atoms with Crippen molar-refractivity contribution in [2.75, 3.05) is 19.0 Å². The molecule has 0 saturated heterocycles. The second kappa shape index (κ2) is 9.28. The highest BCUT2D eigenvalue weighted by atomic mass is 32.1. The summed E-state index contributed by atoms with van der Waals surface area (Å²) >= 11 is 1.46. The maximum atomic E-state index is 12.5. The quantitative estimate of drug-likeness (QED) is 0.336. The van der Waals surface area contributed by atoms with Crippen molar-refractivity contribution in [1.82, 2.24) is 24.6 Å². The van der Waals surface area contributed by atoms with Gasteiger partial charge in [0.25, 0.3) is 0 Å². The van der Waals surface area contributed by atoms with E-state index in [1.165, 1.54) is 17.5 Å². The monoisotopic (exact) mass is 472 g/mol. The average molecular weight is 473 g/mol. The Morgan fingerprint density at radius 3 is 2.71 bits per heavy atom. The smallest absolute Gasteiger partial charge is 0.343 e. The molecule has 5 aromatic rings. The fourth-order valence-electron chi connectivity index (χ4n) is 3.38. The number of fused-ring (bicyclic) bond motifs is 1. The third kappa shape index (κ3) is 4.18. The van der Waals surface area contributed by atoms with Crippen LogP contribution in [0.1, 0.15) is 17.3 Å². The van der Waals surface area contributed by atoms with E-state index >= 15 is 0 Å². The van der Waals surface area contributed by atoms with Gasteiger partial charge in [0.05, 0.1) is 19.4 Å². The third-order valence-electron chi connectivity index (χ3n) is 4.99. The lowest BCUT2D eigenvalue weighted by Gasteiger charge is -2.10. The summed E-state index contributed by atoms with van der Waals surface area (Å²) in [6.45, 7) is 1.98. The molecule has 0 aliphatic carbocycles. The van der Waals surface area contributed by atoms with Crippen LogP contribution in [0.15, 0.2) is 66.2 Å². The van der Waals surface area contributed by atoms with Gasteiger partial charge >= 0.3 is 5.97 Å². The van der Waals surface area contributed by atoms with Gasteiger partial charge in [-0.05, 0) is 19.1 Å². The van der Waals surface area contributed by atoms with Gasteiger partial charge in [-0.25, -0.2) is 19.3 Å². The number of ether oxygens (including phenoxy) is 2. The van der Waals surface area contributed by atoms with Crippen molar-refractivity contribution in [1.29, 1.82) is 0 Å². The Morgan fingerprint density at radius 2 is 1.91 bits per heavy atom. The van der Waals surface area contributed by atoms with Crippen LogP contribution in [0, 0.1) is 0 Å². The highest BCUT2D eigenvalue weighted by Crippen LogP contribution is 2.29. The minimum absolute atomic E-state index is 0.202. The van der Waals surface area contributed by atoms with Crippen molar-refractivity contribution in [2.45, 2.75) is 6.92 Å². The molecule has 2 aromatic carbocycles. The largest absolute Gasteiger partial charge is 0.497 e. The summed E-state index contributed by atoms with van der Waals surface area (Å²) in [6, 6.07) is 17.2. The summed E-state index contributed by atoms with van der Waals surface area (Å²) in [7, 11) is 1.63. The molecule has 5 rings (SSSR count). The van der Waals surface area contributed by atoms with E-state index in [0.29, 0.717) is 16.7 Å². The number of aromatic nitrogens is 5. The van der Waals surface area contributed by atoms with Gasteiger partial charge < -0.3 is 14.8 Å². The molecule has 0 unspecified atom stereocenters. The van der Waals surface area contributed by atoms with E-state index in [-0.39, 0.29) is 18.0 Å². The van der Waals surface area contributed by atoms with E-state index in [9.17, 15) is 4.79 Å². The first-order valence-corrected chi connectivity index (χ1v) is 11.4. The zero-order valence-corrected chi connectivity index (χ0v) is 19.2. The predicted octanol–water partition coefficient (Wildman–Crippen LogP) is 4.84. The van der Waals surface area contributed by atoms with E-state index in [0.717, 1.165) is 22.6 Å². The van der Waals surface area contributed by atoms with Gasteiger partial charge in [0.15, 0.2) is 11.6 Å². The number of carbonyl (C=O) groups is 1. The number of nitrogens with one attached hydrogen (secondary N) is 1. The maximum absolute atomic E-state index is 12.5. The van der Waals surface area contributed by atoms with Gasteiger partial charge in [-0.2, -0.15) is 4.98 Å². The Balaban J connectivity index is 1.53. The van der Waals surface area contributed by atoms with Crippen LogP contribution in [0.4, 0.5) is 11.8 Å². The molecule has 3 heterocycles. The normalized spacial score (nSPS) is 10.9. The summed E-state index contributed by atoms with van der Waals surface area (Å²) < 4.78 is 12.3. The molecule has 10 heteroatoms. The molecule has 0 bridgehead atoms. The van der Waals surface area contributed by atoms with Gasteiger partial charge in [0, 0.05) is 22.7 Å². The second-order valence-electron chi connectivity index (χ2n) is 7.15. The zero-order valence-electron chi connectivity index (χ0n) is 18.4. The number of rotatable bonds is 7. The van der Waals surface area contributed by atoms with E-state index in [4.69, 9.17) is 9.47 Å². The van der Waals surface area contributed by atoms with Crippen LogP contribution in [-0.2, 0) is 4.74 Å². The summed E-state index contributed by atoms with van der Waals surface area (Å²) in [5.74, 6) is 1.27. The molecule has 0 fully saturated rings. The lowest BCUT2D eigenvalue weighted by molar-refractivity contribution is 0.0526. The first-order valence-electron chi connectivity index (χ1n) is 10.5. The summed E-state index contributed by atoms with van der Waals surface area (Å²) in [5, 5.41) is 9.67. The van der Waals surface area contributed by atoms with Crippen molar-refractivity contribution >= 4 is 34.0 Å². The SMILES string of the molecule is CCOC(=O)c1cnc(-c2ccccc2)nc1Nc1nc2scc(-c3cccc(OC)c3)n2n1. The number of methoxy groups -OCH3 is 1. The van der Waals surface area contributed by atoms with Gasteiger partial charge in [0.1, 0.15) is 11.3 Å². The number of anilines is 2. The van der Waals surface area contributed by atoms with Crippen molar-refractivity contribution in [3.05, 3.63) is 71.7 Å². The van der Waals surface area contributed by atoms with E-state index in [1.807, 2.05) is 60.0 Å². The fourth-order valence-corrected chi connectivity index (χ4v) is 4.21. The number of hydrogen-bond acceptors (Lipinski definition) is 9. The van der Waals surface area contributed by atoms with Gasteiger partial charge in [-0.15, -0.1) is 16.4 Å². The Labute approximate surface area is 199 Å². The molecule has 0 aliphatic rings. The minimum Gasteiger partial charge on any atom is -0.497 e. The molecule has 170 valence electrons. The summed E-state index contributed by atoms with van der Waals surface area (Å²) in [6.07, 6.45) is 1.45. The Kier molecular flexibility index (Phi) is 5.88. The topological polar surface area (TPSA) is 104 Å². The van der Waals surface area contributed by atoms with Crippen molar-refractivity contribution in [3.8, 4) is 28.4 Å². The Bertz CT molecular complexity index is 1460. The summed E-state index contributed by atoms with van der Waals surface area (Å²) in [4.78, 5) is 26.7. The van der Waals surface area contributed by atoms with Crippen LogP contribution in [0.5, 0.6) is 5.75 Å². The number of benzene rings is 2. The van der Waals surface area contributed by atoms with Crippen molar-refractivity contribution < 1.29 is 14.3 Å². The van der Waals surface area contributed by atoms with Crippen LogP contribution in [-0.4, -0.2) is 44.3 Å². The number of carbonyl (C=O) groups excluding carboxylic acids is 1. The number of thiazole rings is 1. The minimum atomic E-state index is -0.525. The first kappa shape index (κ1) is 21.5. The van der Waals surface area contributed by atoms with Gasteiger partial charge in [-0.3, -0.25) is 0 Å². The van der Waals surface area contributed by atoms with E-state index < -0.39 is 5.97 Å². The molecule has 34 heavy (non-hydrogen) atoms. The second-order valence-corrected chi connectivity index (χ2v) is 7.99. The van der Waals surface area contributed by atoms with Crippen molar-refractivity contribution in [2.24, 2.45) is 0 Å². The van der Waals surface area contributed by atoms with Crippen LogP contribution >= 0.6 is 11.3 Å². The molecule has 0 saturated carbocycles.